The van der Waals surface area contributed by atoms with Crippen molar-refractivity contribution in [2.75, 3.05) is 0 Å². The second kappa shape index (κ2) is 9.61. The number of aromatic nitrogens is 3. The van der Waals surface area contributed by atoms with Crippen molar-refractivity contribution in [2.45, 2.75) is 26.8 Å². The monoisotopic (exact) mass is 566 g/mol. The molecule has 0 radical (unpaired) electrons. The Hall–Kier alpha value is -2.93. The molecule has 0 aliphatic heterocycles. The summed E-state index contributed by atoms with van der Waals surface area (Å²) in [4.78, 5) is 18.0. The van der Waals surface area contributed by atoms with E-state index in [1.54, 1.807) is 18.3 Å². The highest BCUT2D eigenvalue weighted by Crippen LogP contribution is 2.28. The second-order valence-electron chi connectivity index (χ2n) is 8.24. The van der Waals surface area contributed by atoms with Gasteiger partial charge >= 0.3 is 0 Å². The fourth-order valence-electron chi connectivity index (χ4n) is 4.30. The van der Waals surface area contributed by atoms with Gasteiger partial charge in [0.05, 0.1) is 17.1 Å². The molecule has 3 aromatic carbocycles. The van der Waals surface area contributed by atoms with Crippen LogP contribution in [0.4, 0.5) is 0 Å². The average Bonchev–Trinajstić information content (AvgIpc) is 3.11. The first kappa shape index (κ1) is 23.8. The predicted molar refractivity (Wildman–Crippen MR) is 148 cm³/mol. The lowest BCUT2D eigenvalue weighted by Crippen LogP contribution is -2.22. The van der Waals surface area contributed by atoms with Gasteiger partial charge in [0.15, 0.2) is 0 Å². The van der Waals surface area contributed by atoms with E-state index in [-0.39, 0.29) is 5.56 Å². The van der Waals surface area contributed by atoms with Gasteiger partial charge < -0.3 is 4.57 Å². The van der Waals surface area contributed by atoms with E-state index in [2.05, 4.69) is 42.7 Å². The van der Waals surface area contributed by atoms with E-state index in [9.17, 15) is 4.79 Å². The van der Waals surface area contributed by atoms with Crippen molar-refractivity contribution in [2.24, 2.45) is 5.10 Å². The Morgan fingerprint density at radius 3 is 2.63 bits per heavy atom. The summed E-state index contributed by atoms with van der Waals surface area (Å²) in [5.74, 6) is 0.607. The van der Waals surface area contributed by atoms with Crippen LogP contribution in [0.25, 0.3) is 21.8 Å². The minimum absolute atomic E-state index is 0.196. The van der Waals surface area contributed by atoms with Crippen molar-refractivity contribution < 1.29 is 0 Å². The molecule has 35 heavy (non-hydrogen) atoms. The summed E-state index contributed by atoms with van der Waals surface area (Å²) in [5.41, 5.74) is 4.45. The lowest BCUT2D eigenvalue weighted by molar-refractivity contribution is 0.734. The smallest absolute Gasteiger partial charge is 0.282 e. The molecule has 176 valence electrons. The van der Waals surface area contributed by atoms with Gasteiger partial charge in [0.2, 0.25) is 0 Å². The Morgan fingerprint density at radius 2 is 1.86 bits per heavy atom. The van der Waals surface area contributed by atoms with Gasteiger partial charge in [0.1, 0.15) is 5.82 Å². The molecule has 0 unspecified atom stereocenters. The normalized spacial score (nSPS) is 11.8. The number of fused-ring (bicyclic) bond motifs is 2. The second-order valence-corrected chi connectivity index (χ2v) is 10.0. The Morgan fingerprint density at radius 1 is 1.06 bits per heavy atom. The fraction of sp³-hybridized carbons (Fsp3) is 0.148. The van der Waals surface area contributed by atoms with Crippen LogP contribution in [0.15, 0.2) is 75.0 Å². The van der Waals surface area contributed by atoms with E-state index >= 15 is 0 Å². The summed E-state index contributed by atoms with van der Waals surface area (Å²) >= 11 is 16.0. The van der Waals surface area contributed by atoms with Crippen LogP contribution in [0.1, 0.15) is 29.6 Å². The van der Waals surface area contributed by atoms with E-state index in [0.717, 1.165) is 32.2 Å². The first-order chi connectivity index (χ1) is 16.9. The number of halogens is 3. The zero-order valence-corrected chi connectivity index (χ0v) is 22.2. The third-order valence-corrected chi connectivity index (χ3v) is 7.20. The summed E-state index contributed by atoms with van der Waals surface area (Å²) in [7, 11) is 0. The van der Waals surface area contributed by atoms with Crippen molar-refractivity contribution >= 4 is 67.2 Å². The largest absolute Gasteiger partial charge is 0.340 e. The molecule has 0 fully saturated rings. The maximum Gasteiger partial charge on any atom is 0.282 e. The van der Waals surface area contributed by atoms with Crippen molar-refractivity contribution in [3.05, 3.63) is 108 Å². The van der Waals surface area contributed by atoms with Gasteiger partial charge in [-0.25, -0.2) is 4.98 Å². The summed E-state index contributed by atoms with van der Waals surface area (Å²) in [6.07, 6.45) is 2.33. The van der Waals surface area contributed by atoms with Crippen LogP contribution in [-0.4, -0.2) is 20.4 Å². The number of para-hydroxylation sites is 1. The minimum Gasteiger partial charge on any atom is -0.340 e. The number of hydrogen-bond donors (Lipinski definition) is 0. The summed E-state index contributed by atoms with van der Waals surface area (Å²) in [6, 6.07) is 19.2. The van der Waals surface area contributed by atoms with Gasteiger partial charge in [-0.05, 0) is 48.9 Å². The molecule has 0 amide bonds. The van der Waals surface area contributed by atoms with Crippen LogP contribution in [-0.2, 0) is 13.0 Å². The van der Waals surface area contributed by atoms with Crippen molar-refractivity contribution in [1.82, 2.24) is 14.2 Å². The number of hydrogen-bond acceptors (Lipinski definition) is 3. The molecule has 2 heterocycles. The predicted octanol–water partition coefficient (Wildman–Crippen LogP) is 7.22. The van der Waals surface area contributed by atoms with Gasteiger partial charge in [-0.2, -0.15) is 9.78 Å². The highest BCUT2D eigenvalue weighted by atomic mass is 79.9. The van der Waals surface area contributed by atoms with E-state index < -0.39 is 0 Å². The quantitative estimate of drug-likeness (QED) is 0.210. The van der Waals surface area contributed by atoms with E-state index in [4.69, 9.17) is 23.2 Å². The third-order valence-electron chi connectivity index (χ3n) is 6.12. The van der Waals surface area contributed by atoms with Gasteiger partial charge in [0, 0.05) is 49.6 Å². The average molecular weight is 568 g/mol. The molecular weight excluding hydrogens is 547 g/mol. The highest BCUT2D eigenvalue weighted by Gasteiger charge is 2.15. The molecule has 0 bridgehead atoms. The van der Waals surface area contributed by atoms with Crippen molar-refractivity contribution in [3.63, 3.8) is 0 Å². The van der Waals surface area contributed by atoms with E-state index in [1.165, 1.54) is 4.68 Å². The van der Waals surface area contributed by atoms with Crippen LogP contribution in [0.2, 0.25) is 10.0 Å². The lowest BCUT2D eigenvalue weighted by atomic mass is 10.1. The van der Waals surface area contributed by atoms with Crippen LogP contribution in [0, 0.1) is 6.92 Å². The molecule has 5 aromatic rings. The number of benzene rings is 3. The standard InChI is InChI=1S/C27H21BrCl2N4O/c1-3-26-32-24-11-9-18(28)12-21(24)27(35)34(26)31-14-22-16(2)33(25-7-5-4-6-20(22)25)15-17-8-10-19(29)13-23(17)30/h4-14H,3,15H2,1-2H3. The SMILES string of the molecule is CCc1nc2ccc(Br)cc2c(=O)n1N=Cc1c(C)n(Cc2ccc(Cl)cc2Cl)c2ccccc12. The Balaban J connectivity index is 1.64. The zero-order chi connectivity index (χ0) is 24.7. The molecule has 5 rings (SSSR count). The zero-order valence-electron chi connectivity index (χ0n) is 19.1. The fourth-order valence-corrected chi connectivity index (χ4v) is 5.13. The molecular formula is C27H21BrCl2N4O. The van der Waals surface area contributed by atoms with Crippen LogP contribution in [0.5, 0.6) is 0 Å². The molecule has 0 aliphatic rings. The molecule has 0 saturated carbocycles. The number of nitrogens with zero attached hydrogens (tertiary/aromatic N) is 4. The maximum absolute atomic E-state index is 13.3. The van der Waals surface area contributed by atoms with Crippen LogP contribution in [0.3, 0.4) is 0 Å². The Labute approximate surface area is 220 Å². The van der Waals surface area contributed by atoms with E-state index in [0.29, 0.717) is 39.7 Å². The van der Waals surface area contributed by atoms with Crippen LogP contribution >= 0.6 is 39.1 Å². The number of aryl methyl sites for hydroxylation is 1. The van der Waals surface area contributed by atoms with Gasteiger partial charge in [-0.15, -0.1) is 0 Å². The topological polar surface area (TPSA) is 52.2 Å². The number of rotatable bonds is 5. The summed E-state index contributed by atoms with van der Waals surface area (Å²) < 4.78 is 4.42. The van der Waals surface area contributed by atoms with Gasteiger partial charge in [-0.1, -0.05) is 70.3 Å². The van der Waals surface area contributed by atoms with Crippen LogP contribution < -0.4 is 5.56 Å². The summed E-state index contributed by atoms with van der Waals surface area (Å²) in [6.45, 7) is 4.60. The lowest BCUT2D eigenvalue weighted by Gasteiger charge is -2.11. The minimum atomic E-state index is -0.196. The van der Waals surface area contributed by atoms with Crippen molar-refractivity contribution in [1.29, 1.82) is 0 Å². The Kier molecular flexibility index (Phi) is 6.53. The molecule has 5 nitrogen and oxygen atoms in total. The summed E-state index contributed by atoms with van der Waals surface area (Å²) in [5, 5.41) is 7.42. The molecule has 0 atom stereocenters. The van der Waals surface area contributed by atoms with Gasteiger partial charge in [-0.3, -0.25) is 4.79 Å². The molecule has 2 aromatic heterocycles. The molecule has 0 saturated heterocycles. The van der Waals surface area contributed by atoms with Crippen molar-refractivity contribution in [3.8, 4) is 0 Å². The molecule has 0 aliphatic carbocycles. The maximum atomic E-state index is 13.3. The first-order valence-electron chi connectivity index (χ1n) is 11.1. The highest BCUT2D eigenvalue weighted by molar-refractivity contribution is 9.10. The first-order valence-corrected chi connectivity index (χ1v) is 12.7. The molecule has 0 spiro atoms. The molecule has 0 N–H and O–H groups in total. The third kappa shape index (κ3) is 4.42. The Bertz CT molecular complexity index is 1690. The van der Waals surface area contributed by atoms with Gasteiger partial charge in [0.25, 0.3) is 5.56 Å². The van der Waals surface area contributed by atoms with E-state index in [1.807, 2.05) is 50.2 Å². The molecule has 8 heteroatoms.